The lowest BCUT2D eigenvalue weighted by molar-refractivity contribution is -0.0440. The van der Waals surface area contributed by atoms with E-state index in [0.29, 0.717) is 18.7 Å². The van der Waals surface area contributed by atoms with Crippen LogP contribution in [0, 0.1) is 0 Å². The Morgan fingerprint density at radius 1 is 0.968 bits per heavy atom. The van der Waals surface area contributed by atoms with Gasteiger partial charge in [-0.15, -0.1) is 0 Å². The molecule has 2 aromatic rings. The second-order valence-corrected chi connectivity index (χ2v) is 11.2. The first-order valence-corrected chi connectivity index (χ1v) is 12.0. The van der Waals surface area contributed by atoms with E-state index < -0.39 is 10.0 Å². The standard InChI is InChI=1S/C24H32N2O4S/c1-17-15-26(16-18(2)30-17)31(28,29)22-13-7-19(8-14-22)23(27)25(6)21-11-9-20(10-12-21)24(3,4)5/h7-14,17-18H,15-16H2,1-6H3. The molecule has 1 saturated heterocycles. The molecule has 0 saturated carbocycles. The van der Waals surface area contributed by atoms with Crippen molar-refractivity contribution in [2.24, 2.45) is 0 Å². The van der Waals surface area contributed by atoms with Gasteiger partial charge in [0.1, 0.15) is 0 Å². The number of ether oxygens (including phenoxy) is 1. The molecular weight excluding hydrogens is 412 g/mol. The summed E-state index contributed by atoms with van der Waals surface area (Å²) < 4.78 is 33.1. The zero-order valence-corrected chi connectivity index (χ0v) is 19.9. The van der Waals surface area contributed by atoms with Gasteiger partial charge >= 0.3 is 0 Å². The van der Waals surface area contributed by atoms with Crippen LogP contribution in [0.5, 0.6) is 0 Å². The monoisotopic (exact) mass is 444 g/mol. The summed E-state index contributed by atoms with van der Waals surface area (Å²) in [5.41, 5.74) is 2.45. The number of hydrogen-bond donors (Lipinski definition) is 0. The van der Waals surface area contributed by atoms with E-state index in [1.165, 1.54) is 22.0 Å². The van der Waals surface area contributed by atoms with E-state index in [1.54, 1.807) is 24.1 Å². The molecular formula is C24H32N2O4S. The summed E-state index contributed by atoms with van der Waals surface area (Å²) in [6.45, 7) is 10.8. The van der Waals surface area contributed by atoms with Crippen LogP contribution >= 0.6 is 0 Å². The summed E-state index contributed by atoms with van der Waals surface area (Å²) in [7, 11) is -1.92. The van der Waals surface area contributed by atoms with E-state index in [9.17, 15) is 13.2 Å². The molecule has 0 spiro atoms. The van der Waals surface area contributed by atoms with Gasteiger partial charge in [0, 0.05) is 31.4 Å². The Morgan fingerprint density at radius 3 is 1.97 bits per heavy atom. The van der Waals surface area contributed by atoms with Gasteiger partial charge in [-0.25, -0.2) is 8.42 Å². The van der Waals surface area contributed by atoms with Gasteiger partial charge in [0.25, 0.3) is 5.91 Å². The average molecular weight is 445 g/mol. The average Bonchev–Trinajstić information content (AvgIpc) is 2.71. The van der Waals surface area contributed by atoms with E-state index in [1.807, 2.05) is 38.1 Å². The quantitative estimate of drug-likeness (QED) is 0.713. The van der Waals surface area contributed by atoms with Crippen LogP contribution < -0.4 is 4.90 Å². The highest BCUT2D eigenvalue weighted by Crippen LogP contribution is 2.26. The number of amides is 1. The van der Waals surface area contributed by atoms with Crippen molar-refractivity contribution in [1.29, 1.82) is 0 Å². The fraction of sp³-hybridized carbons (Fsp3) is 0.458. The molecule has 2 aromatic carbocycles. The van der Waals surface area contributed by atoms with Gasteiger partial charge in [-0.1, -0.05) is 32.9 Å². The molecule has 6 nitrogen and oxygen atoms in total. The third-order valence-electron chi connectivity index (χ3n) is 5.55. The smallest absolute Gasteiger partial charge is 0.258 e. The maximum Gasteiger partial charge on any atom is 0.258 e. The Morgan fingerprint density at radius 2 is 1.48 bits per heavy atom. The van der Waals surface area contributed by atoms with Crippen molar-refractivity contribution in [2.75, 3.05) is 25.0 Å². The van der Waals surface area contributed by atoms with E-state index >= 15 is 0 Å². The van der Waals surface area contributed by atoms with Crippen LogP contribution in [-0.4, -0.2) is 51.0 Å². The van der Waals surface area contributed by atoms with Crippen LogP contribution in [0.2, 0.25) is 0 Å². The molecule has 0 N–H and O–H groups in total. The number of benzene rings is 2. The Bertz CT molecular complexity index is 1010. The molecule has 2 atom stereocenters. The number of carbonyl (C=O) groups excluding carboxylic acids is 1. The van der Waals surface area contributed by atoms with Crippen LogP contribution in [0.1, 0.15) is 50.5 Å². The number of sulfonamides is 1. The predicted octanol–water partition coefficient (Wildman–Crippen LogP) is 4.06. The molecule has 1 aliphatic rings. The largest absolute Gasteiger partial charge is 0.373 e. The SMILES string of the molecule is CC1CN(S(=O)(=O)c2ccc(C(=O)N(C)c3ccc(C(C)(C)C)cc3)cc2)CC(C)O1. The highest BCUT2D eigenvalue weighted by molar-refractivity contribution is 7.89. The zero-order chi connectivity index (χ0) is 23.0. The maximum absolute atomic E-state index is 13.0. The number of nitrogens with zero attached hydrogens (tertiary/aromatic N) is 2. The number of hydrogen-bond acceptors (Lipinski definition) is 4. The van der Waals surface area contributed by atoms with E-state index in [-0.39, 0.29) is 28.4 Å². The third kappa shape index (κ3) is 5.17. The molecule has 0 radical (unpaired) electrons. The minimum absolute atomic E-state index is 0.0402. The number of carbonyl (C=O) groups is 1. The minimum Gasteiger partial charge on any atom is -0.373 e. The number of morpholine rings is 1. The highest BCUT2D eigenvalue weighted by atomic mass is 32.2. The lowest BCUT2D eigenvalue weighted by Gasteiger charge is -2.34. The van der Waals surface area contributed by atoms with Crippen molar-refractivity contribution >= 4 is 21.6 Å². The number of anilines is 1. The molecule has 0 bridgehead atoms. The second-order valence-electron chi connectivity index (χ2n) is 9.26. The molecule has 1 fully saturated rings. The van der Waals surface area contributed by atoms with Gasteiger partial charge < -0.3 is 9.64 Å². The lowest BCUT2D eigenvalue weighted by atomic mass is 9.87. The Hall–Kier alpha value is -2.22. The fourth-order valence-corrected chi connectivity index (χ4v) is 5.33. The molecule has 1 heterocycles. The molecule has 31 heavy (non-hydrogen) atoms. The van der Waals surface area contributed by atoms with Crippen molar-refractivity contribution in [3.05, 3.63) is 59.7 Å². The van der Waals surface area contributed by atoms with Crippen LogP contribution in [0.25, 0.3) is 0 Å². The predicted molar refractivity (Wildman–Crippen MR) is 123 cm³/mol. The normalized spacial score (nSPS) is 20.5. The van der Waals surface area contributed by atoms with Crippen LogP contribution in [0.15, 0.2) is 53.4 Å². The second kappa shape index (κ2) is 8.73. The maximum atomic E-state index is 13.0. The molecule has 0 aliphatic carbocycles. The van der Waals surface area contributed by atoms with Crippen LogP contribution in [0.3, 0.4) is 0 Å². The first-order chi connectivity index (χ1) is 14.4. The van der Waals surface area contributed by atoms with Crippen molar-refractivity contribution < 1.29 is 17.9 Å². The molecule has 1 aliphatic heterocycles. The molecule has 7 heteroatoms. The summed E-state index contributed by atoms with van der Waals surface area (Å²) in [5, 5.41) is 0. The lowest BCUT2D eigenvalue weighted by Crippen LogP contribution is -2.48. The van der Waals surface area contributed by atoms with Crippen molar-refractivity contribution in [1.82, 2.24) is 4.31 Å². The van der Waals surface area contributed by atoms with Gasteiger partial charge in [-0.2, -0.15) is 4.31 Å². The van der Waals surface area contributed by atoms with Crippen LogP contribution in [-0.2, 0) is 20.2 Å². The summed E-state index contributed by atoms with van der Waals surface area (Å²) >= 11 is 0. The van der Waals surface area contributed by atoms with Gasteiger partial charge in [0.15, 0.2) is 0 Å². The van der Waals surface area contributed by atoms with E-state index in [2.05, 4.69) is 20.8 Å². The Balaban J connectivity index is 1.76. The first-order valence-electron chi connectivity index (χ1n) is 10.5. The first kappa shape index (κ1) is 23.4. The van der Waals surface area contributed by atoms with Gasteiger partial charge in [-0.05, 0) is 61.2 Å². The van der Waals surface area contributed by atoms with Crippen molar-refractivity contribution in [3.63, 3.8) is 0 Å². The summed E-state index contributed by atoms with van der Waals surface area (Å²) in [5.74, 6) is -0.193. The molecule has 2 unspecified atom stereocenters. The Kier molecular flexibility index (Phi) is 6.60. The van der Waals surface area contributed by atoms with Gasteiger partial charge in [0.05, 0.1) is 17.1 Å². The zero-order valence-electron chi connectivity index (χ0n) is 19.1. The van der Waals surface area contributed by atoms with E-state index in [4.69, 9.17) is 4.74 Å². The number of rotatable bonds is 4. The summed E-state index contributed by atoms with van der Waals surface area (Å²) in [6, 6.07) is 14.1. The summed E-state index contributed by atoms with van der Waals surface area (Å²) in [6.07, 6.45) is -0.310. The fourth-order valence-electron chi connectivity index (χ4n) is 3.74. The van der Waals surface area contributed by atoms with Crippen molar-refractivity contribution in [3.8, 4) is 0 Å². The summed E-state index contributed by atoms with van der Waals surface area (Å²) in [4.78, 5) is 14.7. The Labute approximate surface area is 185 Å². The third-order valence-corrected chi connectivity index (χ3v) is 7.40. The van der Waals surface area contributed by atoms with E-state index in [0.717, 1.165) is 5.69 Å². The van der Waals surface area contributed by atoms with Crippen molar-refractivity contribution in [2.45, 2.75) is 57.1 Å². The molecule has 0 aromatic heterocycles. The molecule has 3 rings (SSSR count). The van der Waals surface area contributed by atoms with Crippen LogP contribution in [0.4, 0.5) is 5.69 Å². The minimum atomic E-state index is -3.63. The highest BCUT2D eigenvalue weighted by Gasteiger charge is 2.32. The van der Waals surface area contributed by atoms with Gasteiger partial charge in [0.2, 0.25) is 10.0 Å². The topological polar surface area (TPSA) is 66.9 Å². The molecule has 168 valence electrons. The van der Waals surface area contributed by atoms with Gasteiger partial charge in [-0.3, -0.25) is 4.79 Å². The molecule has 1 amide bonds.